The Morgan fingerprint density at radius 3 is 2.73 bits per heavy atom. The van der Waals surface area contributed by atoms with Crippen LogP contribution >= 0.6 is 0 Å². The van der Waals surface area contributed by atoms with Gasteiger partial charge in [0.1, 0.15) is 5.82 Å². The average molecular weight is 303 g/mol. The SMILES string of the molecule is COc1ccc(C(=O)N2CCCc3cc(F)ccc32)cc1F. The largest absolute Gasteiger partial charge is 0.494 e. The van der Waals surface area contributed by atoms with E-state index in [-0.39, 0.29) is 23.0 Å². The van der Waals surface area contributed by atoms with E-state index < -0.39 is 5.82 Å². The predicted octanol–water partition coefficient (Wildman–Crippen LogP) is 3.57. The fraction of sp³-hybridized carbons (Fsp3) is 0.235. The Morgan fingerprint density at radius 2 is 2.00 bits per heavy atom. The average Bonchev–Trinajstić information content (AvgIpc) is 2.53. The summed E-state index contributed by atoms with van der Waals surface area (Å²) < 4.78 is 31.9. The summed E-state index contributed by atoms with van der Waals surface area (Å²) in [7, 11) is 1.37. The molecule has 0 aliphatic carbocycles. The molecular weight excluding hydrogens is 288 g/mol. The van der Waals surface area contributed by atoms with Gasteiger partial charge in [-0.05, 0) is 54.8 Å². The van der Waals surface area contributed by atoms with Crippen molar-refractivity contribution < 1.29 is 18.3 Å². The Morgan fingerprint density at radius 1 is 1.18 bits per heavy atom. The molecule has 0 atom stereocenters. The van der Waals surface area contributed by atoms with Crippen LogP contribution in [-0.2, 0) is 6.42 Å². The van der Waals surface area contributed by atoms with Gasteiger partial charge in [0.05, 0.1) is 7.11 Å². The number of benzene rings is 2. The summed E-state index contributed by atoms with van der Waals surface area (Å²) in [5.41, 5.74) is 1.73. The first-order valence-electron chi connectivity index (χ1n) is 7.04. The normalized spacial score (nSPS) is 13.7. The lowest BCUT2D eigenvalue weighted by Crippen LogP contribution is -2.35. The van der Waals surface area contributed by atoms with Gasteiger partial charge in [0.25, 0.3) is 5.91 Å². The van der Waals surface area contributed by atoms with Crippen molar-refractivity contribution in [2.75, 3.05) is 18.6 Å². The Kier molecular flexibility index (Phi) is 3.79. The van der Waals surface area contributed by atoms with Crippen molar-refractivity contribution >= 4 is 11.6 Å². The zero-order valence-electron chi connectivity index (χ0n) is 12.1. The first-order chi connectivity index (χ1) is 10.6. The molecule has 0 bridgehead atoms. The molecule has 3 rings (SSSR count). The van der Waals surface area contributed by atoms with Gasteiger partial charge in [-0.2, -0.15) is 0 Å². The molecule has 0 saturated carbocycles. The lowest BCUT2D eigenvalue weighted by atomic mass is 10.0. The summed E-state index contributed by atoms with van der Waals surface area (Å²) in [5.74, 6) is -1.10. The smallest absolute Gasteiger partial charge is 0.258 e. The minimum Gasteiger partial charge on any atom is -0.494 e. The Bertz CT molecular complexity index is 731. The maximum Gasteiger partial charge on any atom is 0.258 e. The van der Waals surface area contributed by atoms with Gasteiger partial charge < -0.3 is 9.64 Å². The number of anilines is 1. The number of fused-ring (bicyclic) bond motifs is 1. The second kappa shape index (κ2) is 5.75. The highest BCUT2D eigenvalue weighted by atomic mass is 19.1. The molecule has 0 fully saturated rings. The third-order valence-corrected chi connectivity index (χ3v) is 3.80. The van der Waals surface area contributed by atoms with Crippen LogP contribution in [-0.4, -0.2) is 19.6 Å². The van der Waals surface area contributed by atoms with E-state index >= 15 is 0 Å². The molecule has 0 aromatic heterocycles. The minimum atomic E-state index is -0.579. The van der Waals surface area contributed by atoms with E-state index in [4.69, 9.17) is 4.74 Å². The van der Waals surface area contributed by atoms with Gasteiger partial charge in [-0.1, -0.05) is 0 Å². The molecule has 1 heterocycles. The van der Waals surface area contributed by atoms with E-state index in [0.717, 1.165) is 18.4 Å². The molecule has 1 amide bonds. The third-order valence-electron chi connectivity index (χ3n) is 3.80. The highest BCUT2D eigenvalue weighted by Crippen LogP contribution is 2.29. The van der Waals surface area contributed by atoms with Crippen LogP contribution in [0.15, 0.2) is 36.4 Å². The van der Waals surface area contributed by atoms with E-state index in [9.17, 15) is 13.6 Å². The van der Waals surface area contributed by atoms with Crippen molar-refractivity contribution in [3.05, 3.63) is 59.2 Å². The van der Waals surface area contributed by atoms with Gasteiger partial charge in [-0.15, -0.1) is 0 Å². The highest BCUT2D eigenvalue weighted by molar-refractivity contribution is 6.06. The first kappa shape index (κ1) is 14.5. The fourth-order valence-electron chi connectivity index (χ4n) is 2.73. The lowest BCUT2D eigenvalue weighted by Gasteiger charge is -2.29. The maximum absolute atomic E-state index is 13.8. The molecule has 5 heteroatoms. The molecule has 3 nitrogen and oxygen atoms in total. The molecule has 2 aromatic rings. The number of amides is 1. The number of hydrogen-bond donors (Lipinski definition) is 0. The number of ether oxygens (including phenoxy) is 1. The predicted molar refractivity (Wildman–Crippen MR) is 79.3 cm³/mol. The van der Waals surface area contributed by atoms with Crippen molar-refractivity contribution in [2.24, 2.45) is 0 Å². The molecule has 0 radical (unpaired) electrons. The van der Waals surface area contributed by atoms with Gasteiger partial charge in [0, 0.05) is 17.8 Å². The van der Waals surface area contributed by atoms with E-state index in [1.165, 1.54) is 37.4 Å². The van der Waals surface area contributed by atoms with Gasteiger partial charge >= 0.3 is 0 Å². The monoisotopic (exact) mass is 303 g/mol. The number of carbonyl (C=O) groups excluding carboxylic acids is 1. The van der Waals surface area contributed by atoms with Crippen LogP contribution in [0.1, 0.15) is 22.3 Å². The highest BCUT2D eigenvalue weighted by Gasteiger charge is 2.24. The number of halogens is 2. The quantitative estimate of drug-likeness (QED) is 0.849. The standard InChI is InChI=1S/C17H15F2NO2/c1-22-16-7-4-12(10-14(16)19)17(21)20-8-2-3-11-9-13(18)5-6-15(11)20/h4-7,9-10H,2-3,8H2,1H3. The summed E-state index contributed by atoms with van der Waals surface area (Å²) in [6.07, 6.45) is 1.48. The van der Waals surface area contributed by atoms with E-state index in [0.29, 0.717) is 12.2 Å². The van der Waals surface area contributed by atoms with Crippen LogP contribution in [0, 0.1) is 11.6 Å². The van der Waals surface area contributed by atoms with Crippen molar-refractivity contribution in [1.29, 1.82) is 0 Å². The van der Waals surface area contributed by atoms with Crippen molar-refractivity contribution in [3.8, 4) is 5.75 Å². The van der Waals surface area contributed by atoms with Crippen LogP contribution in [0.2, 0.25) is 0 Å². The molecule has 114 valence electrons. The summed E-state index contributed by atoms with van der Waals surface area (Å²) in [5, 5.41) is 0. The van der Waals surface area contributed by atoms with Crippen LogP contribution in [0.3, 0.4) is 0 Å². The number of carbonyl (C=O) groups is 1. The molecule has 0 saturated heterocycles. The van der Waals surface area contributed by atoms with Crippen molar-refractivity contribution in [3.63, 3.8) is 0 Å². The molecule has 1 aliphatic rings. The number of rotatable bonds is 2. The minimum absolute atomic E-state index is 0.0951. The van der Waals surface area contributed by atoms with E-state index in [1.54, 1.807) is 11.0 Å². The molecule has 22 heavy (non-hydrogen) atoms. The van der Waals surface area contributed by atoms with Gasteiger partial charge in [-0.25, -0.2) is 8.78 Å². The van der Waals surface area contributed by atoms with Crippen LogP contribution in [0.4, 0.5) is 14.5 Å². The van der Waals surface area contributed by atoms with Gasteiger partial charge in [0.15, 0.2) is 11.6 Å². The molecule has 0 N–H and O–H groups in total. The lowest BCUT2D eigenvalue weighted by molar-refractivity contribution is 0.0984. The second-order valence-corrected chi connectivity index (χ2v) is 5.18. The molecular formula is C17H15F2NO2. The Balaban J connectivity index is 1.95. The Labute approximate surface area is 127 Å². The van der Waals surface area contributed by atoms with E-state index in [1.807, 2.05) is 0 Å². The second-order valence-electron chi connectivity index (χ2n) is 5.18. The number of methoxy groups -OCH3 is 1. The third kappa shape index (κ3) is 2.54. The first-order valence-corrected chi connectivity index (χ1v) is 7.04. The summed E-state index contributed by atoms with van der Waals surface area (Å²) in [6.45, 7) is 0.533. The van der Waals surface area contributed by atoms with Crippen LogP contribution < -0.4 is 9.64 Å². The van der Waals surface area contributed by atoms with Gasteiger partial charge in [0.2, 0.25) is 0 Å². The topological polar surface area (TPSA) is 29.5 Å². The fourth-order valence-corrected chi connectivity index (χ4v) is 2.73. The van der Waals surface area contributed by atoms with E-state index in [2.05, 4.69) is 0 Å². The molecule has 0 spiro atoms. The number of nitrogens with zero attached hydrogens (tertiary/aromatic N) is 1. The van der Waals surface area contributed by atoms with Crippen LogP contribution in [0.5, 0.6) is 5.75 Å². The Hall–Kier alpha value is -2.43. The maximum atomic E-state index is 13.8. The number of aryl methyl sites for hydroxylation is 1. The zero-order valence-corrected chi connectivity index (χ0v) is 12.1. The molecule has 1 aliphatic heterocycles. The van der Waals surface area contributed by atoms with Gasteiger partial charge in [-0.3, -0.25) is 4.79 Å². The molecule has 2 aromatic carbocycles. The summed E-state index contributed by atoms with van der Waals surface area (Å²) in [6, 6.07) is 8.50. The zero-order chi connectivity index (χ0) is 15.7. The summed E-state index contributed by atoms with van der Waals surface area (Å²) in [4.78, 5) is 14.2. The van der Waals surface area contributed by atoms with Crippen molar-refractivity contribution in [2.45, 2.75) is 12.8 Å². The van der Waals surface area contributed by atoms with Crippen molar-refractivity contribution in [1.82, 2.24) is 0 Å². The molecule has 0 unspecified atom stereocenters. The van der Waals surface area contributed by atoms with Crippen LogP contribution in [0.25, 0.3) is 0 Å². The number of hydrogen-bond acceptors (Lipinski definition) is 2. The summed E-state index contributed by atoms with van der Waals surface area (Å²) >= 11 is 0.